The fourth-order valence-corrected chi connectivity index (χ4v) is 6.88. The van der Waals surface area contributed by atoms with Crippen LogP contribution in [-0.4, -0.2) is 46.5 Å². The molecule has 0 aromatic heterocycles. The van der Waals surface area contributed by atoms with Crippen LogP contribution in [0.3, 0.4) is 0 Å². The first-order valence-corrected chi connectivity index (χ1v) is 16.8. The van der Waals surface area contributed by atoms with Gasteiger partial charge in [-0.1, -0.05) is 81.8 Å². The van der Waals surface area contributed by atoms with Gasteiger partial charge in [0.15, 0.2) is 0 Å². The van der Waals surface area contributed by atoms with Crippen molar-refractivity contribution in [2.24, 2.45) is 11.8 Å². The molecule has 38 heavy (non-hydrogen) atoms. The molecule has 1 aliphatic rings. The number of amides is 1. The first kappa shape index (κ1) is 30.6. The summed E-state index contributed by atoms with van der Waals surface area (Å²) in [5.41, 5.74) is 4.81. The Morgan fingerprint density at radius 3 is 2.50 bits per heavy atom. The van der Waals surface area contributed by atoms with Crippen LogP contribution in [0.2, 0.25) is 0 Å². The number of thioether (sulfide) groups is 2. The molecule has 0 heterocycles. The summed E-state index contributed by atoms with van der Waals surface area (Å²) in [6.45, 7) is 4.29. The van der Waals surface area contributed by atoms with Crippen LogP contribution in [0.25, 0.3) is 11.1 Å². The number of aryl methyl sites for hydroxylation is 1. The second kappa shape index (κ2) is 16.2. The summed E-state index contributed by atoms with van der Waals surface area (Å²) >= 11 is 3.61. The van der Waals surface area contributed by atoms with Gasteiger partial charge in [-0.25, -0.2) is 4.79 Å². The van der Waals surface area contributed by atoms with Gasteiger partial charge in [-0.15, -0.1) is 0 Å². The number of benzene rings is 2. The van der Waals surface area contributed by atoms with E-state index < -0.39 is 12.0 Å². The van der Waals surface area contributed by atoms with Crippen LogP contribution in [0, 0.1) is 18.8 Å². The second-order valence-electron chi connectivity index (χ2n) is 10.7. The van der Waals surface area contributed by atoms with E-state index in [1.54, 1.807) is 11.8 Å². The van der Waals surface area contributed by atoms with Gasteiger partial charge < -0.3 is 10.4 Å². The SMILES string of the molecule is CCSCC(CCC1CCCCC1)Cc1ccc(C(=O)N[C@@H](CCSC)C(=O)O)c(-c2ccccc2C)c1. The number of hydrogen-bond acceptors (Lipinski definition) is 4. The van der Waals surface area contributed by atoms with E-state index in [1.807, 2.05) is 36.2 Å². The highest BCUT2D eigenvalue weighted by atomic mass is 32.2. The van der Waals surface area contributed by atoms with E-state index in [0.717, 1.165) is 34.8 Å². The molecule has 0 aliphatic heterocycles. The minimum atomic E-state index is -0.990. The molecule has 208 valence electrons. The summed E-state index contributed by atoms with van der Waals surface area (Å²) in [5, 5.41) is 12.4. The van der Waals surface area contributed by atoms with Crippen molar-refractivity contribution in [1.29, 1.82) is 0 Å². The smallest absolute Gasteiger partial charge is 0.326 e. The number of nitrogens with one attached hydrogen (secondary N) is 1. The molecule has 1 unspecified atom stereocenters. The van der Waals surface area contributed by atoms with Crippen molar-refractivity contribution >= 4 is 35.4 Å². The minimum absolute atomic E-state index is 0.321. The molecule has 2 N–H and O–H groups in total. The van der Waals surface area contributed by atoms with Crippen LogP contribution in [0.15, 0.2) is 42.5 Å². The van der Waals surface area contributed by atoms with Crippen LogP contribution in [0.1, 0.15) is 79.8 Å². The molecule has 1 aliphatic carbocycles. The third kappa shape index (κ3) is 9.37. The first-order chi connectivity index (χ1) is 18.4. The number of rotatable bonds is 15. The molecule has 0 radical (unpaired) electrons. The van der Waals surface area contributed by atoms with Crippen molar-refractivity contribution in [3.8, 4) is 11.1 Å². The summed E-state index contributed by atoms with van der Waals surface area (Å²) in [6, 6.07) is 13.4. The average Bonchev–Trinajstić information content (AvgIpc) is 2.93. The summed E-state index contributed by atoms with van der Waals surface area (Å²) in [4.78, 5) is 25.2. The molecule has 2 aromatic rings. The van der Waals surface area contributed by atoms with E-state index in [1.165, 1.54) is 56.3 Å². The fourth-order valence-electron chi connectivity index (χ4n) is 5.55. The van der Waals surface area contributed by atoms with Crippen molar-refractivity contribution in [3.05, 3.63) is 59.2 Å². The van der Waals surface area contributed by atoms with E-state index in [2.05, 4.69) is 43.4 Å². The van der Waals surface area contributed by atoms with Crippen LogP contribution in [-0.2, 0) is 11.2 Å². The Hall–Kier alpha value is -1.92. The molecule has 1 fully saturated rings. The Labute approximate surface area is 238 Å². The van der Waals surface area contributed by atoms with E-state index in [0.29, 0.717) is 23.7 Å². The Morgan fingerprint density at radius 1 is 1.05 bits per heavy atom. The highest BCUT2D eigenvalue weighted by molar-refractivity contribution is 7.99. The monoisotopic (exact) mass is 555 g/mol. The summed E-state index contributed by atoms with van der Waals surface area (Å²) in [6.07, 6.45) is 12.9. The molecule has 6 heteroatoms. The standard InChI is InChI=1S/C32H45NO3S2/c1-4-38-22-26(15-14-24-11-6-5-7-12-24)20-25-16-17-28(29(21-25)27-13-9-8-10-23(27)2)31(34)33-30(32(35)36)18-19-37-3/h8-10,13,16-17,21,24,26,30H,4-7,11-12,14-15,18-20,22H2,1-3H3,(H,33,34)(H,35,36)/t26?,30-/m0/s1. The van der Waals surface area contributed by atoms with Gasteiger partial charge in [-0.05, 0) is 89.9 Å². The molecular weight excluding hydrogens is 510 g/mol. The maximum atomic E-state index is 13.4. The molecule has 0 saturated heterocycles. The summed E-state index contributed by atoms with van der Waals surface area (Å²) < 4.78 is 0. The van der Waals surface area contributed by atoms with Crippen LogP contribution < -0.4 is 5.32 Å². The highest BCUT2D eigenvalue weighted by Gasteiger charge is 2.23. The fraction of sp³-hybridized carbons (Fsp3) is 0.562. The van der Waals surface area contributed by atoms with E-state index in [-0.39, 0.29) is 5.91 Å². The Kier molecular flexibility index (Phi) is 13.1. The molecule has 0 bridgehead atoms. The van der Waals surface area contributed by atoms with Crippen LogP contribution in [0.4, 0.5) is 0 Å². The first-order valence-electron chi connectivity index (χ1n) is 14.2. The number of carboxylic acid groups (broad SMARTS) is 1. The van der Waals surface area contributed by atoms with Crippen molar-refractivity contribution in [3.63, 3.8) is 0 Å². The average molecular weight is 556 g/mol. The van der Waals surface area contributed by atoms with E-state index in [4.69, 9.17) is 0 Å². The second-order valence-corrected chi connectivity index (χ2v) is 13.0. The molecular formula is C32H45NO3S2. The molecule has 3 rings (SSSR count). The van der Waals surface area contributed by atoms with Gasteiger partial charge in [-0.3, -0.25) is 4.79 Å². The number of aliphatic carboxylic acids is 1. The third-order valence-electron chi connectivity index (χ3n) is 7.77. The quantitative estimate of drug-likeness (QED) is 0.234. The lowest BCUT2D eigenvalue weighted by Gasteiger charge is -2.24. The van der Waals surface area contributed by atoms with E-state index in [9.17, 15) is 14.7 Å². The van der Waals surface area contributed by atoms with Gasteiger partial charge in [0.05, 0.1) is 0 Å². The highest BCUT2D eigenvalue weighted by Crippen LogP contribution is 2.32. The van der Waals surface area contributed by atoms with Gasteiger partial charge in [0.2, 0.25) is 0 Å². The number of carbonyl (C=O) groups is 2. The van der Waals surface area contributed by atoms with Gasteiger partial charge in [0, 0.05) is 5.56 Å². The van der Waals surface area contributed by atoms with Crippen molar-refractivity contribution in [2.45, 2.75) is 77.7 Å². The molecule has 0 spiro atoms. The summed E-state index contributed by atoms with van der Waals surface area (Å²) in [5.74, 6) is 3.18. The predicted molar refractivity (Wildman–Crippen MR) is 165 cm³/mol. The Balaban J connectivity index is 1.85. The van der Waals surface area contributed by atoms with Crippen LogP contribution in [0.5, 0.6) is 0 Å². The van der Waals surface area contributed by atoms with E-state index >= 15 is 0 Å². The van der Waals surface area contributed by atoms with Crippen molar-refractivity contribution in [2.75, 3.05) is 23.5 Å². The van der Waals surface area contributed by atoms with Gasteiger partial charge in [0.1, 0.15) is 6.04 Å². The third-order valence-corrected chi connectivity index (χ3v) is 9.53. The maximum absolute atomic E-state index is 13.4. The maximum Gasteiger partial charge on any atom is 0.326 e. The van der Waals surface area contributed by atoms with Gasteiger partial charge in [-0.2, -0.15) is 23.5 Å². The largest absolute Gasteiger partial charge is 0.480 e. The molecule has 2 aromatic carbocycles. The molecule has 2 atom stereocenters. The van der Waals surface area contributed by atoms with Gasteiger partial charge >= 0.3 is 5.97 Å². The lowest BCUT2D eigenvalue weighted by atomic mass is 9.83. The number of carboxylic acids is 1. The number of carbonyl (C=O) groups excluding carboxylic acids is 1. The molecule has 1 saturated carbocycles. The van der Waals surface area contributed by atoms with Crippen molar-refractivity contribution < 1.29 is 14.7 Å². The Bertz CT molecular complexity index is 1040. The predicted octanol–water partition coefficient (Wildman–Crippen LogP) is 7.87. The minimum Gasteiger partial charge on any atom is -0.480 e. The number of hydrogen-bond donors (Lipinski definition) is 2. The lowest BCUT2D eigenvalue weighted by molar-refractivity contribution is -0.139. The molecule has 1 amide bonds. The summed E-state index contributed by atoms with van der Waals surface area (Å²) in [7, 11) is 0. The Morgan fingerprint density at radius 2 is 1.82 bits per heavy atom. The zero-order valence-electron chi connectivity index (χ0n) is 23.3. The van der Waals surface area contributed by atoms with Crippen LogP contribution >= 0.6 is 23.5 Å². The molecule has 4 nitrogen and oxygen atoms in total. The topological polar surface area (TPSA) is 66.4 Å². The van der Waals surface area contributed by atoms with Crippen molar-refractivity contribution in [1.82, 2.24) is 5.32 Å². The zero-order valence-corrected chi connectivity index (χ0v) is 25.0. The zero-order chi connectivity index (χ0) is 27.3. The van der Waals surface area contributed by atoms with Gasteiger partial charge in [0.25, 0.3) is 5.91 Å². The normalized spacial score (nSPS) is 15.7. The lowest BCUT2D eigenvalue weighted by Crippen LogP contribution is -2.41.